The molecule has 0 aliphatic carbocycles. The van der Waals surface area contributed by atoms with E-state index in [1.54, 1.807) is 44.2 Å². The fraction of sp³-hybridized carbons (Fsp3) is 0.188. The van der Waals surface area contributed by atoms with Gasteiger partial charge in [0.25, 0.3) is 10.0 Å². The predicted molar refractivity (Wildman–Crippen MR) is 96.3 cm³/mol. The number of aromatic nitrogens is 1. The second-order valence-electron chi connectivity index (χ2n) is 5.36. The highest BCUT2D eigenvalue weighted by atomic mass is 35.5. The van der Waals surface area contributed by atoms with Crippen LogP contribution in [0.15, 0.2) is 39.8 Å². The zero-order valence-electron chi connectivity index (χ0n) is 13.3. The van der Waals surface area contributed by atoms with E-state index in [1.807, 2.05) is 6.92 Å². The Hall–Kier alpha value is -1.83. The van der Waals surface area contributed by atoms with Crippen molar-refractivity contribution in [3.63, 3.8) is 0 Å². The Morgan fingerprint density at radius 3 is 2.38 bits per heavy atom. The number of hydrogen-bond donors (Lipinski definition) is 1. The van der Waals surface area contributed by atoms with Crippen LogP contribution in [0.1, 0.15) is 15.4 Å². The van der Waals surface area contributed by atoms with Gasteiger partial charge < -0.3 is 4.52 Å². The van der Waals surface area contributed by atoms with Gasteiger partial charge in [0.05, 0.1) is 11.3 Å². The molecule has 0 atom stereocenters. The topological polar surface area (TPSA) is 72.2 Å². The monoisotopic (exact) mass is 382 g/mol. The predicted octanol–water partition coefficient (Wildman–Crippen LogP) is 4.78. The Morgan fingerprint density at radius 1 is 1.12 bits per heavy atom. The van der Waals surface area contributed by atoms with Gasteiger partial charge in [-0.05, 0) is 45.0 Å². The molecule has 0 radical (unpaired) electrons. The van der Waals surface area contributed by atoms with Gasteiger partial charge in [0.15, 0.2) is 5.76 Å². The summed E-state index contributed by atoms with van der Waals surface area (Å²) >= 11 is 7.25. The van der Waals surface area contributed by atoms with Gasteiger partial charge >= 0.3 is 0 Å². The molecule has 0 fully saturated rings. The number of aryl methyl sites for hydroxylation is 3. The van der Waals surface area contributed by atoms with Gasteiger partial charge in [-0.2, -0.15) is 0 Å². The first-order valence-corrected chi connectivity index (χ1v) is 9.78. The molecule has 0 unspecified atom stereocenters. The van der Waals surface area contributed by atoms with Gasteiger partial charge in [0.2, 0.25) is 0 Å². The van der Waals surface area contributed by atoms with Gasteiger partial charge in [0, 0.05) is 26.5 Å². The maximum Gasteiger partial charge on any atom is 0.263 e. The minimum absolute atomic E-state index is 0.219. The van der Waals surface area contributed by atoms with E-state index in [9.17, 15) is 8.42 Å². The maximum absolute atomic E-state index is 12.9. The third kappa shape index (κ3) is 3.19. The van der Waals surface area contributed by atoms with Gasteiger partial charge in [-0.1, -0.05) is 16.8 Å². The number of nitrogens with one attached hydrogen (secondary N) is 1. The highest BCUT2D eigenvalue weighted by Crippen LogP contribution is 2.39. The van der Waals surface area contributed by atoms with E-state index in [-0.39, 0.29) is 4.90 Å². The first-order valence-electron chi connectivity index (χ1n) is 7.10. The normalized spacial score (nSPS) is 11.7. The number of hydrogen-bond acceptors (Lipinski definition) is 5. The zero-order valence-corrected chi connectivity index (χ0v) is 15.6. The minimum Gasteiger partial charge on any atom is -0.356 e. The molecule has 5 nitrogen and oxygen atoms in total. The molecule has 24 heavy (non-hydrogen) atoms. The van der Waals surface area contributed by atoms with Crippen LogP contribution in [0.5, 0.6) is 0 Å². The SMILES string of the molecule is Cc1cc(-c2c(C)sc(C)c2S(=O)(=O)Nc2ccc(Cl)cc2)on1. The van der Waals surface area contributed by atoms with Gasteiger partial charge in [-0.3, -0.25) is 4.72 Å². The van der Waals surface area contributed by atoms with Crippen molar-refractivity contribution in [1.29, 1.82) is 0 Å². The maximum atomic E-state index is 12.9. The Labute approximate surface area is 149 Å². The molecule has 0 saturated carbocycles. The highest BCUT2D eigenvalue weighted by molar-refractivity contribution is 7.93. The Morgan fingerprint density at radius 2 is 1.79 bits per heavy atom. The van der Waals surface area contributed by atoms with E-state index < -0.39 is 10.0 Å². The fourth-order valence-corrected chi connectivity index (χ4v) is 5.53. The molecule has 0 bridgehead atoms. The summed E-state index contributed by atoms with van der Waals surface area (Å²) in [6.45, 7) is 5.44. The summed E-state index contributed by atoms with van der Waals surface area (Å²) in [6.07, 6.45) is 0. The third-order valence-electron chi connectivity index (χ3n) is 3.44. The van der Waals surface area contributed by atoms with Crippen LogP contribution in [0.4, 0.5) is 5.69 Å². The number of benzene rings is 1. The molecule has 0 aliphatic rings. The molecule has 1 aromatic carbocycles. The third-order valence-corrected chi connectivity index (χ3v) is 6.40. The van der Waals surface area contributed by atoms with Gasteiger partial charge in [-0.25, -0.2) is 8.42 Å². The number of sulfonamides is 1. The molecule has 3 rings (SSSR count). The van der Waals surface area contributed by atoms with Crippen molar-refractivity contribution >= 4 is 38.6 Å². The van der Waals surface area contributed by atoms with E-state index in [0.29, 0.717) is 32.6 Å². The molecule has 0 spiro atoms. The van der Waals surface area contributed by atoms with Crippen LogP contribution < -0.4 is 4.72 Å². The lowest BCUT2D eigenvalue weighted by Gasteiger charge is -2.10. The number of rotatable bonds is 4. The van der Waals surface area contributed by atoms with Crippen molar-refractivity contribution in [2.45, 2.75) is 25.7 Å². The highest BCUT2D eigenvalue weighted by Gasteiger charge is 2.28. The lowest BCUT2D eigenvalue weighted by Crippen LogP contribution is -2.14. The van der Waals surface area contributed by atoms with E-state index in [2.05, 4.69) is 9.88 Å². The summed E-state index contributed by atoms with van der Waals surface area (Å²) in [6, 6.07) is 8.23. The van der Waals surface area contributed by atoms with Crippen molar-refractivity contribution in [1.82, 2.24) is 5.16 Å². The molecule has 126 valence electrons. The van der Waals surface area contributed by atoms with Crippen LogP contribution in [0, 0.1) is 20.8 Å². The average molecular weight is 383 g/mol. The quantitative estimate of drug-likeness (QED) is 0.704. The van der Waals surface area contributed by atoms with E-state index >= 15 is 0 Å². The number of halogens is 1. The van der Waals surface area contributed by atoms with E-state index in [0.717, 1.165) is 4.88 Å². The molecular weight excluding hydrogens is 368 g/mol. The lowest BCUT2D eigenvalue weighted by atomic mass is 10.2. The summed E-state index contributed by atoms with van der Waals surface area (Å²) in [4.78, 5) is 1.77. The Bertz CT molecular complexity index is 989. The van der Waals surface area contributed by atoms with Crippen molar-refractivity contribution in [2.24, 2.45) is 0 Å². The van der Waals surface area contributed by atoms with Gasteiger partial charge in [-0.15, -0.1) is 11.3 Å². The van der Waals surface area contributed by atoms with Crippen molar-refractivity contribution in [3.05, 3.63) is 50.8 Å². The van der Waals surface area contributed by atoms with Crippen molar-refractivity contribution in [2.75, 3.05) is 4.72 Å². The van der Waals surface area contributed by atoms with Gasteiger partial charge in [0.1, 0.15) is 4.90 Å². The fourth-order valence-electron chi connectivity index (χ4n) is 2.48. The first-order chi connectivity index (χ1) is 11.3. The number of thiophene rings is 1. The molecule has 8 heteroatoms. The second kappa shape index (κ2) is 6.23. The average Bonchev–Trinajstić information content (AvgIpc) is 3.04. The van der Waals surface area contributed by atoms with Crippen LogP contribution in [-0.2, 0) is 10.0 Å². The number of anilines is 1. The summed E-state index contributed by atoms with van der Waals surface area (Å²) in [7, 11) is -3.78. The van der Waals surface area contributed by atoms with Crippen LogP contribution in [0.2, 0.25) is 5.02 Å². The standard InChI is InChI=1S/C16H15ClN2O3S2/c1-9-8-14(22-18-9)15-10(2)23-11(3)16(15)24(20,21)19-13-6-4-12(17)5-7-13/h4-8,19H,1-3H3. The summed E-state index contributed by atoms with van der Waals surface area (Å²) in [5.74, 6) is 0.450. The Kier molecular flexibility index (Phi) is 4.42. The Balaban J connectivity index is 2.09. The number of nitrogens with zero attached hydrogens (tertiary/aromatic N) is 1. The first kappa shape index (κ1) is 17.0. The van der Waals surface area contributed by atoms with Crippen LogP contribution in [0.3, 0.4) is 0 Å². The minimum atomic E-state index is -3.78. The smallest absolute Gasteiger partial charge is 0.263 e. The van der Waals surface area contributed by atoms with E-state index in [1.165, 1.54) is 11.3 Å². The van der Waals surface area contributed by atoms with Crippen molar-refractivity contribution < 1.29 is 12.9 Å². The van der Waals surface area contributed by atoms with Crippen LogP contribution in [0.25, 0.3) is 11.3 Å². The molecule has 1 N–H and O–H groups in total. The molecular formula is C16H15ClN2O3S2. The molecule has 2 aromatic heterocycles. The summed E-state index contributed by atoms with van der Waals surface area (Å²) in [5.41, 5.74) is 1.70. The summed E-state index contributed by atoms with van der Waals surface area (Å²) < 4.78 is 33.7. The molecule has 0 aliphatic heterocycles. The van der Waals surface area contributed by atoms with Crippen LogP contribution >= 0.6 is 22.9 Å². The lowest BCUT2D eigenvalue weighted by molar-refractivity contribution is 0.426. The summed E-state index contributed by atoms with van der Waals surface area (Å²) in [5, 5.41) is 4.40. The largest absolute Gasteiger partial charge is 0.356 e. The zero-order chi connectivity index (χ0) is 17.5. The van der Waals surface area contributed by atoms with Crippen LogP contribution in [-0.4, -0.2) is 13.6 Å². The molecule has 0 amide bonds. The molecule has 2 heterocycles. The van der Waals surface area contributed by atoms with Crippen molar-refractivity contribution in [3.8, 4) is 11.3 Å². The second-order valence-corrected chi connectivity index (χ2v) is 8.85. The molecule has 0 saturated heterocycles. The molecule has 3 aromatic rings. The van der Waals surface area contributed by atoms with E-state index in [4.69, 9.17) is 16.1 Å².